The monoisotopic (exact) mass is 457 g/mol. The van der Waals surface area contributed by atoms with Crippen LogP contribution in [0.1, 0.15) is 51.2 Å². The number of nitrogen functional groups attached to an aromatic ring is 1. The van der Waals surface area contributed by atoms with E-state index in [0.717, 1.165) is 24.4 Å². The number of aliphatic hydroxyl groups excluding tert-OH is 3. The van der Waals surface area contributed by atoms with Crippen LogP contribution >= 0.6 is 0 Å². The van der Waals surface area contributed by atoms with Crippen molar-refractivity contribution in [1.29, 1.82) is 0 Å². The molecule has 5 rings (SSSR count). The van der Waals surface area contributed by atoms with Crippen molar-refractivity contribution in [3.8, 4) is 11.4 Å². The van der Waals surface area contributed by atoms with Gasteiger partial charge in [-0.3, -0.25) is 9.25 Å². The fourth-order valence-electron chi connectivity index (χ4n) is 4.98. The number of hydrogen-bond donors (Lipinski definition) is 4. The minimum atomic E-state index is -1.24. The zero-order valence-corrected chi connectivity index (χ0v) is 18.5. The van der Waals surface area contributed by atoms with Gasteiger partial charge in [0.25, 0.3) is 0 Å². The van der Waals surface area contributed by atoms with Crippen molar-refractivity contribution in [3.05, 3.63) is 18.7 Å². The Bertz CT molecular complexity index is 1090. The van der Waals surface area contributed by atoms with E-state index in [2.05, 4.69) is 20.1 Å². The number of fused-ring (bicyclic) bond motifs is 1. The summed E-state index contributed by atoms with van der Waals surface area (Å²) in [6.07, 6.45) is 9.86. The lowest BCUT2D eigenvalue weighted by atomic mass is 9.86. The van der Waals surface area contributed by atoms with Crippen molar-refractivity contribution >= 4 is 17.0 Å². The van der Waals surface area contributed by atoms with Crippen molar-refractivity contribution in [2.75, 3.05) is 12.3 Å². The molecule has 11 nitrogen and oxygen atoms in total. The molecule has 5 N–H and O–H groups in total. The van der Waals surface area contributed by atoms with E-state index in [1.54, 1.807) is 6.20 Å². The van der Waals surface area contributed by atoms with Gasteiger partial charge in [-0.15, -0.1) is 0 Å². The van der Waals surface area contributed by atoms with Gasteiger partial charge in [0.05, 0.1) is 24.7 Å². The number of nitrogens with two attached hydrogens (primary N) is 1. The standard InChI is InChI=1S/C22H31N7O4/c23-19-16-21(29(12-24-16)22-18(32)17(31)15(11-30)33-22)27-20(26-19)14-9-25-28(10-14)8-4-7-13-5-2-1-3-6-13/h9-10,12-13,15,17-18,22,30-32H,1-8,11H2,(H2,23,26,27)/t15?,17-,18-,22?/m1/s1. The molecule has 3 aromatic heterocycles. The molecule has 1 saturated heterocycles. The summed E-state index contributed by atoms with van der Waals surface area (Å²) in [6.45, 7) is 0.429. The van der Waals surface area contributed by atoms with E-state index < -0.39 is 31.1 Å². The van der Waals surface area contributed by atoms with E-state index in [1.165, 1.54) is 49.4 Å². The van der Waals surface area contributed by atoms with E-state index in [-0.39, 0.29) is 5.82 Å². The molecule has 0 bridgehead atoms. The molecule has 4 atom stereocenters. The molecule has 0 spiro atoms. The molecule has 3 aromatic rings. The topological polar surface area (TPSA) is 157 Å². The third-order valence-corrected chi connectivity index (χ3v) is 6.86. The first-order valence-corrected chi connectivity index (χ1v) is 11.7. The van der Waals surface area contributed by atoms with Gasteiger partial charge in [0.1, 0.15) is 23.8 Å². The maximum absolute atomic E-state index is 10.4. The first-order valence-electron chi connectivity index (χ1n) is 11.7. The SMILES string of the molecule is Nc1nc(-c2cnn(CCCC3CCCCC3)c2)nc2c1ncn2C1OC(CO)[C@@H](O)[C@H]1O. The predicted octanol–water partition coefficient (Wildman–Crippen LogP) is 1.24. The molecule has 0 amide bonds. The van der Waals surface area contributed by atoms with Crippen molar-refractivity contribution in [2.45, 2.75) is 76.0 Å². The molecule has 178 valence electrons. The molecule has 1 aliphatic carbocycles. The van der Waals surface area contributed by atoms with Crippen molar-refractivity contribution < 1.29 is 20.1 Å². The molecule has 2 unspecified atom stereocenters. The molecule has 1 aliphatic heterocycles. The van der Waals surface area contributed by atoms with Crippen LogP contribution in [0.2, 0.25) is 0 Å². The van der Waals surface area contributed by atoms with Gasteiger partial charge in [0, 0.05) is 12.7 Å². The quantitative estimate of drug-likeness (QED) is 0.410. The average molecular weight is 458 g/mol. The number of anilines is 1. The Morgan fingerprint density at radius 2 is 1.94 bits per heavy atom. The Labute approximate surface area is 191 Å². The Morgan fingerprint density at radius 1 is 1.12 bits per heavy atom. The summed E-state index contributed by atoms with van der Waals surface area (Å²) >= 11 is 0. The summed E-state index contributed by atoms with van der Waals surface area (Å²) in [6, 6.07) is 0. The van der Waals surface area contributed by atoms with Crippen LogP contribution < -0.4 is 5.73 Å². The van der Waals surface area contributed by atoms with Gasteiger partial charge in [-0.2, -0.15) is 5.10 Å². The lowest BCUT2D eigenvalue weighted by molar-refractivity contribution is -0.0511. The summed E-state index contributed by atoms with van der Waals surface area (Å²) in [4.78, 5) is 13.3. The Hall–Kier alpha value is -2.60. The number of ether oxygens (including phenoxy) is 1. The molecule has 11 heteroatoms. The minimum absolute atomic E-state index is 0.200. The number of hydrogen-bond acceptors (Lipinski definition) is 9. The fourth-order valence-corrected chi connectivity index (χ4v) is 4.98. The van der Waals surface area contributed by atoms with Crippen LogP contribution in [-0.4, -0.2) is 69.5 Å². The smallest absolute Gasteiger partial charge is 0.168 e. The number of aliphatic hydroxyl groups is 3. The van der Waals surface area contributed by atoms with Crippen LogP contribution in [0.4, 0.5) is 5.82 Å². The van der Waals surface area contributed by atoms with Crippen LogP contribution in [0.5, 0.6) is 0 Å². The van der Waals surface area contributed by atoms with Gasteiger partial charge in [0.15, 0.2) is 23.5 Å². The highest BCUT2D eigenvalue weighted by molar-refractivity contribution is 5.83. The first-order chi connectivity index (χ1) is 16.0. The number of aryl methyl sites for hydroxylation is 1. The lowest BCUT2D eigenvalue weighted by Crippen LogP contribution is -2.33. The average Bonchev–Trinajstić information content (AvgIpc) is 3.53. The number of rotatable bonds is 7. The summed E-state index contributed by atoms with van der Waals surface area (Å²) < 4.78 is 9.04. The van der Waals surface area contributed by atoms with E-state index in [4.69, 9.17) is 10.5 Å². The first kappa shape index (κ1) is 22.2. The van der Waals surface area contributed by atoms with Crippen molar-refractivity contribution in [1.82, 2.24) is 29.3 Å². The second-order valence-electron chi connectivity index (χ2n) is 9.12. The fraction of sp³-hybridized carbons (Fsp3) is 0.636. The summed E-state index contributed by atoms with van der Waals surface area (Å²) in [5.41, 5.74) is 7.62. The molecule has 33 heavy (non-hydrogen) atoms. The van der Waals surface area contributed by atoms with Crippen LogP contribution in [0, 0.1) is 5.92 Å². The largest absolute Gasteiger partial charge is 0.394 e. The van der Waals surface area contributed by atoms with Gasteiger partial charge in [-0.25, -0.2) is 15.0 Å². The number of nitrogens with zero attached hydrogens (tertiary/aromatic N) is 6. The van der Waals surface area contributed by atoms with Crippen molar-refractivity contribution in [3.63, 3.8) is 0 Å². The molecule has 1 saturated carbocycles. The van der Waals surface area contributed by atoms with Crippen LogP contribution in [-0.2, 0) is 11.3 Å². The lowest BCUT2D eigenvalue weighted by Gasteiger charge is -2.21. The molecule has 4 heterocycles. The summed E-state index contributed by atoms with van der Waals surface area (Å²) in [5.74, 6) is 1.44. The van der Waals surface area contributed by atoms with E-state index >= 15 is 0 Å². The van der Waals surface area contributed by atoms with Crippen LogP contribution in [0.15, 0.2) is 18.7 Å². The second kappa shape index (κ2) is 9.34. The molecular weight excluding hydrogens is 426 g/mol. The molecule has 2 fully saturated rings. The van der Waals surface area contributed by atoms with Gasteiger partial charge in [-0.1, -0.05) is 32.1 Å². The zero-order valence-electron chi connectivity index (χ0n) is 18.5. The van der Waals surface area contributed by atoms with Crippen LogP contribution in [0.3, 0.4) is 0 Å². The molecular formula is C22H31N7O4. The maximum atomic E-state index is 10.4. The van der Waals surface area contributed by atoms with Gasteiger partial charge in [0.2, 0.25) is 0 Å². The number of aromatic nitrogens is 6. The Morgan fingerprint density at radius 3 is 2.70 bits per heavy atom. The summed E-state index contributed by atoms with van der Waals surface area (Å²) in [7, 11) is 0. The number of imidazole rings is 1. The Balaban J connectivity index is 1.34. The minimum Gasteiger partial charge on any atom is -0.394 e. The molecule has 2 aliphatic rings. The van der Waals surface area contributed by atoms with E-state index in [9.17, 15) is 15.3 Å². The highest BCUT2D eigenvalue weighted by atomic mass is 16.6. The van der Waals surface area contributed by atoms with E-state index in [1.807, 2.05) is 10.9 Å². The zero-order chi connectivity index (χ0) is 22.9. The van der Waals surface area contributed by atoms with Gasteiger partial charge in [-0.05, 0) is 18.8 Å². The summed E-state index contributed by atoms with van der Waals surface area (Å²) in [5, 5.41) is 34.4. The van der Waals surface area contributed by atoms with Gasteiger partial charge >= 0.3 is 0 Å². The molecule has 0 aromatic carbocycles. The van der Waals surface area contributed by atoms with Crippen LogP contribution in [0.25, 0.3) is 22.6 Å². The Kier molecular flexibility index (Phi) is 6.28. The highest BCUT2D eigenvalue weighted by Crippen LogP contribution is 2.33. The predicted molar refractivity (Wildman–Crippen MR) is 120 cm³/mol. The maximum Gasteiger partial charge on any atom is 0.168 e. The normalized spacial score (nSPS) is 26.4. The van der Waals surface area contributed by atoms with Crippen molar-refractivity contribution in [2.24, 2.45) is 5.92 Å². The van der Waals surface area contributed by atoms with E-state index in [0.29, 0.717) is 17.0 Å². The third-order valence-electron chi connectivity index (χ3n) is 6.86. The van der Waals surface area contributed by atoms with Gasteiger partial charge < -0.3 is 25.8 Å². The third kappa shape index (κ3) is 4.33. The molecule has 0 radical (unpaired) electrons. The highest BCUT2D eigenvalue weighted by Gasteiger charge is 2.44. The second-order valence-corrected chi connectivity index (χ2v) is 9.12.